The molecule has 1 heterocycles. The van der Waals surface area contributed by atoms with Crippen molar-refractivity contribution in [3.63, 3.8) is 0 Å². The van der Waals surface area contributed by atoms with Crippen molar-refractivity contribution in [2.75, 3.05) is 0 Å². The Labute approximate surface area is 112 Å². The van der Waals surface area contributed by atoms with E-state index in [2.05, 4.69) is 6.58 Å². The first-order valence-electron chi connectivity index (χ1n) is 5.68. The van der Waals surface area contributed by atoms with Crippen LogP contribution in [0.2, 0.25) is 0 Å². The predicted octanol–water partition coefficient (Wildman–Crippen LogP) is 3.14. The molecule has 5 heteroatoms. The smallest absolute Gasteiger partial charge is 0.297 e. The Bertz CT molecular complexity index is 666. The van der Waals surface area contributed by atoms with E-state index in [9.17, 15) is 8.42 Å². The van der Waals surface area contributed by atoms with Crippen LogP contribution in [0.3, 0.4) is 0 Å². The van der Waals surface area contributed by atoms with Gasteiger partial charge in [-0.3, -0.25) is 4.18 Å². The number of benzene rings is 1. The summed E-state index contributed by atoms with van der Waals surface area (Å²) in [4.78, 5) is 0.133. The number of rotatable bonds is 5. The average Bonchev–Trinajstić information content (AvgIpc) is 2.85. The highest BCUT2D eigenvalue weighted by atomic mass is 32.2. The lowest BCUT2D eigenvalue weighted by atomic mass is 10.2. The topological polar surface area (TPSA) is 56.5 Å². The van der Waals surface area contributed by atoms with Crippen LogP contribution >= 0.6 is 0 Å². The molecule has 0 aliphatic carbocycles. The molecule has 0 spiro atoms. The lowest BCUT2D eigenvalue weighted by Crippen LogP contribution is -2.06. The molecule has 19 heavy (non-hydrogen) atoms. The molecule has 0 atom stereocenters. The van der Waals surface area contributed by atoms with Gasteiger partial charge >= 0.3 is 0 Å². The molecule has 0 fully saturated rings. The predicted molar refractivity (Wildman–Crippen MR) is 72.0 cm³/mol. The van der Waals surface area contributed by atoms with E-state index in [1.54, 1.807) is 24.3 Å². The van der Waals surface area contributed by atoms with Crippen molar-refractivity contribution < 1.29 is 17.0 Å². The van der Waals surface area contributed by atoms with Crippen molar-refractivity contribution in [3.05, 3.63) is 60.1 Å². The highest BCUT2D eigenvalue weighted by Gasteiger charge is 2.15. The second kappa shape index (κ2) is 5.42. The molecular weight excluding hydrogens is 264 g/mol. The van der Waals surface area contributed by atoms with E-state index < -0.39 is 10.1 Å². The number of hydrogen-bond donors (Lipinski definition) is 0. The molecule has 0 unspecified atom stereocenters. The molecule has 2 rings (SSSR count). The minimum Gasteiger partial charge on any atom is -0.459 e. The van der Waals surface area contributed by atoms with E-state index in [0.717, 1.165) is 5.56 Å². The van der Waals surface area contributed by atoms with Crippen molar-refractivity contribution in [3.8, 4) is 0 Å². The highest BCUT2D eigenvalue weighted by Crippen LogP contribution is 2.16. The van der Waals surface area contributed by atoms with Crippen molar-refractivity contribution >= 4 is 16.2 Å². The summed E-state index contributed by atoms with van der Waals surface area (Å²) in [5, 5.41) is 0. The Morgan fingerprint density at radius 1 is 1.21 bits per heavy atom. The molecule has 1 aromatic carbocycles. The standard InChI is InChI=1S/C14H14O4S/c1-3-12-6-7-13(18-12)10-17-19(15,16)14-8-4-11(2)5-9-14/h3-9H,1,10H2,2H3. The van der Waals surface area contributed by atoms with Crippen LogP contribution in [-0.4, -0.2) is 8.42 Å². The largest absolute Gasteiger partial charge is 0.459 e. The van der Waals surface area contributed by atoms with Crippen LogP contribution in [0.4, 0.5) is 0 Å². The third-order valence-electron chi connectivity index (χ3n) is 2.55. The SMILES string of the molecule is C=Cc1ccc(COS(=O)(=O)c2ccc(C)cc2)o1. The molecule has 1 aromatic heterocycles. The monoisotopic (exact) mass is 278 g/mol. The fourth-order valence-corrected chi connectivity index (χ4v) is 2.37. The average molecular weight is 278 g/mol. The van der Waals surface area contributed by atoms with E-state index in [1.165, 1.54) is 18.2 Å². The van der Waals surface area contributed by atoms with Crippen molar-refractivity contribution in [1.82, 2.24) is 0 Å². The summed E-state index contributed by atoms with van der Waals surface area (Å²) in [5.74, 6) is 1.01. The van der Waals surface area contributed by atoms with Gasteiger partial charge in [0.05, 0.1) is 4.90 Å². The first-order valence-corrected chi connectivity index (χ1v) is 7.09. The van der Waals surface area contributed by atoms with Crippen LogP contribution in [0.15, 0.2) is 52.3 Å². The van der Waals surface area contributed by atoms with Gasteiger partial charge in [-0.25, -0.2) is 0 Å². The van der Waals surface area contributed by atoms with E-state index in [4.69, 9.17) is 8.60 Å². The first-order chi connectivity index (χ1) is 9.01. The fourth-order valence-electron chi connectivity index (χ4n) is 1.49. The quantitative estimate of drug-likeness (QED) is 0.788. The van der Waals surface area contributed by atoms with Crippen LogP contribution in [0.1, 0.15) is 17.1 Å². The number of hydrogen-bond acceptors (Lipinski definition) is 4. The molecule has 0 saturated heterocycles. The van der Waals surface area contributed by atoms with Crippen molar-refractivity contribution in [2.24, 2.45) is 0 Å². The minimum atomic E-state index is -3.76. The van der Waals surface area contributed by atoms with Crippen molar-refractivity contribution in [2.45, 2.75) is 18.4 Å². The van der Waals surface area contributed by atoms with Crippen LogP contribution < -0.4 is 0 Å². The van der Waals surface area contributed by atoms with Gasteiger partial charge in [-0.15, -0.1) is 0 Å². The van der Waals surface area contributed by atoms with Crippen LogP contribution in [0.25, 0.3) is 6.08 Å². The number of furan rings is 1. The zero-order chi connectivity index (χ0) is 13.9. The maximum Gasteiger partial charge on any atom is 0.297 e. The molecule has 0 N–H and O–H groups in total. The summed E-state index contributed by atoms with van der Waals surface area (Å²) in [6.45, 7) is 5.31. The summed E-state index contributed by atoms with van der Waals surface area (Å²) in [6, 6.07) is 9.83. The zero-order valence-electron chi connectivity index (χ0n) is 10.5. The van der Waals surface area contributed by atoms with E-state index >= 15 is 0 Å². The molecule has 0 radical (unpaired) electrons. The molecule has 0 bridgehead atoms. The van der Waals surface area contributed by atoms with Gasteiger partial charge in [0.1, 0.15) is 18.1 Å². The number of aryl methyl sites for hydroxylation is 1. The third kappa shape index (κ3) is 3.33. The van der Waals surface area contributed by atoms with Crippen LogP contribution in [0, 0.1) is 6.92 Å². The maximum atomic E-state index is 11.9. The first kappa shape index (κ1) is 13.6. The Hall–Kier alpha value is -1.85. The second-order valence-corrected chi connectivity index (χ2v) is 5.65. The van der Waals surface area contributed by atoms with Gasteiger partial charge in [0, 0.05) is 0 Å². The molecular formula is C14H14O4S. The summed E-state index contributed by atoms with van der Waals surface area (Å²) < 4.78 is 34.0. The van der Waals surface area contributed by atoms with Gasteiger partial charge in [-0.05, 0) is 37.3 Å². The van der Waals surface area contributed by atoms with Crippen LogP contribution in [-0.2, 0) is 20.9 Å². The molecule has 0 aliphatic heterocycles. The molecule has 0 aliphatic rings. The van der Waals surface area contributed by atoms with Crippen molar-refractivity contribution in [1.29, 1.82) is 0 Å². The lowest BCUT2D eigenvalue weighted by Gasteiger charge is -2.04. The molecule has 2 aromatic rings. The second-order valence-electron chi connectivity index (χ2n) is 4.04. The highest BCUT2D eigenvalue weighted by molar-refractivity contribution is 7.86. The van der Waals surface area contributed by atoms with Gasteiger partial charge in [-0.2, -0.15) is 8.42 Å². The van der Waals surface area contributed by atoms with Gasteiger partial charge in [-0.1, -0.05) is 24.3 Å². The van der Waals surface area contributed by atoms with E-state index in [1.807, 2.05) is 6.92 Å². The molecule has 0 saturated carbocycles. The zero-order valence-corrected chi connectivity index (χ0v) is 11.3. The summed E-state index contributed by atoms with van der Waals surface area (Å²) in [5.41, 5.74) is 0.987. The van der Waals surface area contributed by atoms with Gasteiger partial charge < -0.3 is 4.42 Å². The third-order valence-corrected chi connectivity index (χ3v) is 3.83. The van der Waals surface area contributed by atoms with Gasteiger partial charge in [0.15, 0.2) is 0 Å². The summed E-state index contributed by atoms with van der Waals surface area (Å²) in [7, 11) is -3.76. The van der Waals surface area contributed by atoms with Gasteiger partial charge in [0.2, 0.25) is 0 Å². The Kier molecular flexibility index (Phi) is 3.87. The van der Waals surface area contributed by atoms with Gasteiger partial charge in [0.25, 0.3) is 10.1 Å². The lowest BCUT2D eigenvalue weighted by molar-refractivity contribution is 0.273. The normalized spacial score (nSPS) is 11.4. The molecule has 0 amide bonds. The Balaban J connectivity index is 2.09. The molecule has 100 valence electrons. The summed E-state index contributed by atoms with van der Waals surface area (Å²) >= 11 is 0. The van der Waals surface area contributed by atoms with E-state index in [0.29, 0.717) is 11.5 Å². The minimum absolute atomic E-state index is 0.133. The maximum absolute atomic E-state index is 11.9. The summed E-state index contributed by atoms with van der Waals surface area (Å²) in [6.07, 6.45) is 1.54. The fraction of sp³-hybridized carbons (Fsp3) is 0.143. The Morgan fingerprint density at radius 3 is 2.47 bits per heavy atom. The van der Waals surface area contributed by atoms with E-state index in [-0.39, 0.29) is 11.5 Å². The van der Waals surface area contributed by atoms with Crippen LogP contribution in [0.5, 0.6) is 0 Å². The Morgan fingerprint density at radius 2 is 1.89 bits per heavy atom. The molecule has 4 nitrogen and oxygen atoms in total.